The second kappa shape index (κ2) is 8.83. The monoisotopic (exact) mass is 431 g/mol. The van der Waals surface area contributed by atoms with Crippen molar-refractivity contribution >= 4 is 22.6 Å². The van der Waals surface area contributed by atoms with Crippen molar-refractivity contribution in [2.75, 3.05) is 12.4 Å². The van der Waals surface area contributed by atoms with Crippen LogP contribution in [0.1, 0.15) is 35.5 Å². The fourth-order valence-corrected chi connectivity index (χ4v) is 3.78. The molecule has 0 aliphatic heterocycles. The van der Waals surface area contributed by atoms with Crippen LogP contribution in [0.5, 0.6) is 5.75 Å². The van der Waals surface area contributed by atoms with Gasteiger partial charge in [-0.15, -0.1) is 0 Å². The van der Waals surface area contributed by atoms with Gasteiger partial charge < -0.3 is 14.6 Å². The number of fused-ring (bicyclic) bond motifs is 1. The maximum atomic E-state index is 13.4. The topological polar surface area (TPSA) is 56.1 Å². The number of carbonyl (C=O) groups excluding carboxylic acids is 1. The largest absolute Gasteiger partial charge is 0.497 e. The van der Waals surface area contributed by atoms with Crippen molar-refractivity contribution in [1.82, 2.24) is 9.55 Å². The van der Waals surface area contributed by atoms with Gasteiger partial charge in [-0.2, -0.15) is 0 Å². The smallest absolute Gasteiger partial charge is 0.247 e. The number of halogens is 1. The third-order valence-corrected chi connectivity index (χ3v) is 5.78. The Morgan fingerprint density at radius 3 is 2.38 bits per heavy atom. The summed E-state index contributed by atoms with van der Waals surface area (Å²) in [5.41, 5.74) is 5.65. The van der Waals surface area contributed by atoms with Crippen molar-refractivity contribution in [2.24, 2.45) is 0 Å². The van der Waals surface area contributed by atoms with Crippen LogP contribution in [0.15, 0.2) is 60.7 Å². The van der Waals surface area contributed by atoms with E-state index in [2.05, 4.69) is 11.4 Å². The van der Waals surface area contributed by atoms with Gasteiger partial charge in [0.2, 0.25) is 5.91 Å². The molecule has 0 spiro atoms. The van der Waals surface area contributed by atoms with Gasteiger partial charge in [-0.25, -0.2) is 9.37 Å². The van der Waals surface area contributed by atoms with Crippen LogP contribution in [0.25, 0.3) is 11.0 Å². The average molecular weight is 432 g/mol. The standard InChI is InChI=1S/C26H26FN3O2/c1-16-13-23-24(14-17(16)2)30(25(29-23)15-19-5-7-20(27)8-6-19)18(3)26(31)28-21-9-11-22(32-4)12-10-21/h5-14,18H,15H2,1-4H3,(H,28,31). The van der Waals surface area contributed by atoms with Crippen molar-refractivity contribution in [3.05, 3.63) is 89.0 Å². The van der Waals surface area contributed by atoms with Gasteiger partial charge in [-0.1, -0.05) is 12.1 Å². The number of anilines is 1. The number of rotatable bonds is 6. The number of aryl methyl sites for hydroxylation is 2. The molecule has 32 heavy (non-hydrogen) atoms. The van der Waals surface area contributed by atoms with Crippen LogP contribution in [0.4, 0.5) is 10.1 Å². The first-order valence-corrected chi connectivity index (χ1v) is 10.5. The highest BCUT2D eigenvalue weighted by molar-refractivity contribution is 5.95. The van der Waals surface area contributed by atoms with Crippen LogP contribution in [0.3, 0.4) is 0 Å². The van der Waals surface area contributed by atoms with Gasteiger partial charge in [-0.05, 0) is 86.0 Å². The van der Waals surface area contributed by atoms with Crippen molar-refractivity contribution in [2.45, 2.75) is 33.2 Å². The number of carbonyl (C=O) groups is 1. The number of amides is 1. The summed E-state index contributed by atoms with van der Waals surface area (Å²) in [7, 11) is 1.60. The summed E-state index contributed by atoms with van der Waals surface area (Å²) < 4.78 is 20.5. The Hall–Kier alpha value is -3.67. The molecule has 1 N–H and O–H groups in total. The van der Waals surface area contributed by atoms with E-state index in [1.165, 1.54) is 12.1 Å². The molecule has 6 heteroatoms. The predicted molar refractivity (Wildman–Crippen MR) is 125 cm³/mol. The van der Waals surface area contributed by atoms with Crippen LogP contribution < -0.4 is 10.1 Å². The first kappa shape index (κ1) is 21.6. The number of nitrogens with zero attached hydrogens (tertiary/aromatic N) is 2. The van der Waals surface area contributed by atoms with Crippen molar-refractivity contribution in [3.63, 3.8) is 0 Å². The zero-order valence-electron chi connectivity index (χ0n) is 18.6. The summed E-state index contributed by atoms with van der Waals surface area (Å²) in [5, 5.41) is 2.98. The molecule has 0 radical (unpaired) electrons. The molecule has 0 saturated carbocycles. The summed E-state index contributed by atoms with van der Waals surface area (Å²) in [6, 6.07) is 17.2. The highest BCUT2D eigenvalue weighted by Gasteiger charge is 2.22. The molecule has 4 aromatic rings. The number of nitrogens with one attached hydrogen (secondary N) is 1. The number of methoxy groups -OCH3 is 1. The zero-order chi connectivity index (χ0) is 22.8. The van der Waals surface area contributed by atoms with Crippen LogP contribution >= 0.6 is 0 Å². The molecule has 1 unspecified atom stereocenters. The number of aromatic nitrogens is 2. The van der Waals surface area contributed by atoms with Gasteiger partial charge in [-0.3, -0.25) is 4.79 Å². The van der Waals surface area contributed by atoms with Crippen LogP contribution in [0, 0.1) is 19.7 Å². The quantitative estimate of drug-likeness (QED) is 0.433. The van der Waals surface area contributed by atoms with Gasteiger partial charge >= 0.3 is 0 Å². The molecule has 4 rings (SSSR count). The van der Waals surface area contributed by atoms with E-state index >= 15 is 0 Å². The molecule has 1 atom stereocenters. The van der Waals surface area contributed by atoms with Crippen molar-refractivity contribution < 1.29 is 13.9 Å². The lowest BCUT2D eigenvalue weighted by molar-refractivity contribution is -0.118. The fraction of sp³-hybridized carbons (Fsp3) is 0.231. The minimum Gasteiger partial charge on any atom is -0.497 e. The molecular weight excluding hydrogens is 405 g/mol. The van der Waals surface area contributed by atoms with Crippen molar-refractivity contribution in [1.29, 1.82) is 0 Å². The summed E-state index contributed by atoms with van der Waals surface area (Å²) in [6.07, 6.45) is 0.493. The van der Waals surface area contributed by atoms with Gasteiger partial charge in [0.15, 0.2) is 0 Å². The first-order valence-electron chi connectivity index (χ1n) is 10.5. The molecule has 0 fully saturated rings. The molecule has 1 amide bonds. The second-order valence-corrected chi connectivity index (χ2v) is 8.02. The Labute approximate surface area is 186 Å². The van der Waals surface area contributed by atoms with E-state index in [-0.39, 0.29) is 11.7 Å². The number of benzene rings is 3. The summed E-state index contributed by atoms with van der Waals surface area (Å²) in [4.78, 5) is 18.0. The number of hydrogen-bond acceptors (Lipinski definition) is 3. The van der Waals surface area contributed by atoms with Crippen LogP contribution in [-0.2, 0) is 11.2 Å². The Kier molecular flexibility index (Phi) is 5.95. The third-order valence-electron chi connectivity index (χ3n) is 5.78. The molecule has 1 aromatic heterocycles. The molecule has 5 nitrogen and oxygen atoms in total. The molecule has 3 aromatic carbocycles. The van der Waals surface area contributed by atoms with Crippen LogP contribution in [-0.4, -0.2) is 22.6 Å². The lowest BCUT2D eigenvalue weighted by Gasteiger charge is -2.18. The number of imidazole rings is 1. The SMILES string of the molecule is COc1ccc(NC(=O)C(C)n2c(Cc3ccc(F)cc3)nc3cc(C)c(C)cc32)cc1. The van der Waals surface area contributed by atoms with Crippen molar-refractivity contribution in [3.8, 4) is 5.75 Å². The Balaban J connectivity index is 1.71. The molecule has 0 aliphatic carbocycles. The Morgan fingerprint density at radius 1 is 1.06 bits per heavy atom. The number of hydrogen-bond donors (Lipinski definition) is 1. The lowest BCUT2D eigenvalue weighted by Crippen LogP contribution is -2.25. The minimum atomic E-state index is -0.500. The Bertz CT molecular complexity index is 1260. The van der Waals surface area contributed by atoms with Crippen LogP contribution in [0.2, 0.25) is 0 Å². The van der Waals surface area contributed by atoms with Gasteiger partial charge in [0, 0.05) is 12.1 Å². The van der Waals surface area contributed by atoms with Gasteiger partial charge in [0.05, 0.1) is 18.1 Å². The molecule has 1 heterocycles. The first-order chi connectivity index (χ1) is 15.4. The van der Waals surface area contributed by atoms with E-state index in [0.29, 0.717) is 12.1 Å². The highest BCUT2D eigenvalue weighted by Crippen LogP contribution is 2.27. The van der Waals surface area contributed by atoms with E-state index in [1.54, 1.807) is 31.4 Å². The molecular formula is C26H26FN3O2. The third kappa shape index (κ3) is 4.35. The normalized spacial score (nSPS) is 12.0. The number of ether oxygens (including phenoxy) is 1. The summed E-state index contributed by atoms with van der Waals surface area (Å²) >= 11 is 0. The van der Waals surface area contributed by atoms with E-state index in [0.717, 1.165) is 39.3 Å². The minimum absolute atomic E-state index is 0.145. The summed E-state index contributed by atoms with van der Waals surface area (Å²) in [6.45, 7) is 5.96. The molecule has 0 bridgehead atoms. The van der Waals surface area contributed by atoms with E-state index in [9.17, 15) is 9.18 Å². The zero-order valence-corrected chi connectivity index (χ0v) is 18.6. The fourth-order valence-electron chi connectivity index (χ4n) is 3.78. The highest BCUT2D eigenvalue weighted by atomic mass is 19.1. The van der Waals surface area contributed by atoms with Gasteiger partial charge in [0.25, 0.3) is 0 Å². The van der Waals surface area contributed by atoms with Gasteiger partial charge in [0.1, 0.15) is 23.4 Å². The Morgan fingerprint density at radius 2 is 1.72 bits per heavy atom. The molecule has 0 aliphatic rings. The average Bonchev–Trinajstić information content (AvgIpc) is 3.12. The van der Waals surface area contributed by atoms with E-state index < -0.39 is 6.04 Å². The van der Waals surface area contributed by atoms with E-state index in [1.807, 2.05) is 43.5 Å². The second-order valence-electron chi connectivity index (χ2n) is 8.02. The maximum absolute atomic E-state index is 13.4. The molecule has 164 valence electrons. The predicted octanol–water partition coefficient (Wildman–Crippen LogP) is 5.59. The lowest BCUT2D eigenvalue weighted by atomic mass is 10.1. The maximum Gasteiger partial charge on any atom is 0.247 e. The van der Waals surface area contributed by atoms with E-state index in [4.69, 9.17) is 9.72 Å². The summed E-state index contributed by atoms with van der Waals surface area (Å²) in [5.74, 6) is 1.06. The molecule has 0 saturated heterocycles.